The van der Waals surface area contributed by atoms with Crippen LogP contribution in [-0.4, -0.2) is 23.0 Å². The van der Waals surface area contributed by atoms with Gasteiger partial charge in [0.05, 0.1) is 0 Å². The van der Waals surface area contributed by atoms with Crippen molar-refractivity contribution in [3.8, 4) is 0 Å². The van der Waals surface area contributed by atoms with Gasteiger partial charge < -0.3 is 5.11 Å². The minimum absolute atomic E-state index is 0.430. The summed E-state index contributed by atoms with van der Waals surface area (Å²) in [4.78, 5) is 23.7. The van der Waals surface area contributed by atoms with Crippen molar-refractivity contribution in [3.63, 3.8) is 0 Å². The third-order valence-electron chi connectivity index (χ3n) is 2.19. The Hall–Kier alpha value is -2.10. The summed E-state index contributed by atoms with van der Waals surface area (Å²) in [5, 5.41) is 8.93. The van der Waals surface area contributed by atoms with Crippen LogP contribution in [0.15, 0.2) is 43.0 Å². The molecule has 0 radical (unpaired) electrons. The Balaban J connectivity index is 3.11. The number of anilines is 1. The molecule has 0 aromatic heterocycles. The number of hydrogen-bond donors (Lipinski definition) is 1. The van der Waals surface area contributed by atoms with Crippen molar-refractivity contribution in [1.29, 1.82) is 0 Å². The van der Waals surface area contributed by atoms with E-state index in [1.807, 2.05) is 0 Å². The number of carbonyl (C=O) groups excluding carboxylic acids is 1. The molecule has 1 aromatic carbocycles. The van der Waals surface area contributed by atoms with E-state index in [4.69, 9.17) is 5.11 Å². The zero-order valence-corrected chi connectivity index (χ0v) is 8.96. The summed E-state index contributed by atoms with van der Waals surface area (Å²) in [6.07, 6.45) is 1.10. The fraction of sp³-hybridized carbons (Fsp3) is 0.167. The number of hydrogen-bond acceptors (Lipinski definition) is 2. The lowest BCUT2D eigenvalue weighted by atomic mass is 10.2. The third-order valence-corrected chi connectivity index (χ3v) is 2.19. The molecule has 4 heteroatoms. The zero-order valence-electron chi connectivity index (χ0n) is 8.96. The van der Waals surface area contributed by atoms with E-state index in [0.717, 1.165) is 6.08 Å². The van der Waals surface area contributed by atoms with Crippen molar-refractivity contribution in [1.82, 2.24) is 0 Å². The topological polar surface area (TPSA) is 57.6 Å². The zero-order chi connectivity index (χ0) is 12.1. The van der Waals surface area contributed by atoms with Gasteiger partial charge >= 0.3 is 5.97 Å². The van der Waals surface area contributed by atoms with Crippen molar-refractivity contribution in [2.45, 2.75) is 13.0 Å². The highest BCUT2D eigenvalue weighted by Gasteiger charge is 2.24. The molecule has 16 heavy (non-hydrogen) atoms. The number of para-hydroxylation sites is 1. The molecule has 1 amide bonds. The van der Waals surface area contributed by atoms with Gasteiger partial charge in [-0.15, -0.1) is 0 Å². The van der Waals surface area contributed by atoms with E-state index < -0.39 is 17.9 Å². The molecule has 0 spiro atoms. The predicted molar refractivity (Wildman–Crippen MR) is 61.2 cm³/mol. The summed E-state index contributed by atoms with van der Waals surface area (Å²) in [6.45, 7) is 4.82. The number of benzene rings is 1. The first-order valence-corrected chi connectivity index (χ1v) is 4.81. The number of carboxylic acids is 1. The van der Waals surface area contributed by atoms with Crippen LogP contribution in [0.3, 0.4) is 0 Å². The second-order valence-electron chi connectivity index (χ2n) is 3.26. The van der Waals surface area contributed by atoms with E-state index in [9.17, 15) is 9.59 Å². The molecule has 1 unspecified atom stereocenters. The average molecular weight is 219 g/mol. The Morgan fingerprint density at radius 2 is 1.94 bits per heavy atom. The molecule has 0 saturated carbocycles. The van der Waals surface area contributed by atoms with Gasteiger partial charge in [0.2, 0.25) is 0 Å². The highest BCUT2D eigenvalue weighted by Crippen LogP contribution is 2.17. The molecule has 84 valence electrons. The Morgan fingerprint density at radius 3 is 2.38 bits per heavy atom. The molecule has 4 nitrogen and oxygen atoms in total. The van der Waals surface area contributed by atoms with Crippen LogP contribution in [0.25, 0.3) is 0 Å². The lowest BCUT2D eigenvalue weighted by molar-refractivity contribution is -0.139. The van der Waals surface area contributed by atoms with Crippen molar-refractivity contribution in [2.24, 2.45) is 0 Å². The van der Waals surface area contributed by atoms with Gasteiger partial charge in [0, 0.05) is 5.69 Å². The monoisotopic (exact) mass is 219 g/mol. The van der Waals surface area contributed by atoms with Crippen LogP contribution >= 0.6 is 0 Å². The standard InChI is InChI=1S/C12H13NO3/c1-3-11(14)13(9(2)12(15)16)10-7-5-4-6-8-10/h3-9H,1H2,2H3,(H,15,16). The predicted octanol–water partition coefficient (Wildman–Crippen LogP) is 1.68. The van der Waals surface area contributed by atoms with Gasteiger partial charge in [0.25, 0.3) is 5.91 Å². The molecule has 1 aromatic rings. The first-order valence-electron chi connectivity index (χ1n) is 4.81. The second kappa shape index (κ2) is 5.11. The second-order valence-corrected chi connectivity index (χ2v) is 3.26. The first kappa shape index (κ1) is 12.0. The van der Waals surface area contributed by atoms with E-state index in [1.54, 1.807) is 30.3 Å². The van der Waals surface area contributed by atoms with Gasteiger partial charge in [-0.25, -0.2) is 4.79 Å². The highest BCUT2D eigenvalue weighted by atomic mass is 16.4. The Labute approximate surface area is 93.8 Å². The molecule has 0 saturated heterocycles. The van der Waals surface area contributed by atoms with Crippen LogP contribution in [0, 0.1) is 0 Å². The molecule has 0 aliphatic heterocycles. The van der Waals surface area contributed by atoms with Gasteiger partial charge in [0.15, 0.2) is 0 Å². The molecule has 1 atom stereocenters. The van der Waals surface area contributed by atoms with Crippen LogP contribution in [0.2, 0.25) is 0 Å². The average Bonchev–Trinajstić information content (AvgIpc) is 2.30. The van der Waals surface area contributed by atoms with E-state index in [2.05, 4.69) is 6.58 Å². The van der Waals surface area contributed by atoms with Gasteiger partial charge in [-0.05, 0) is 25.1 Å². The maximum Gasteiger partial charge on any atom is 0.326 e. The van der Waals surface area contributed by atoms with E-state index >= 15 is 0 Å². The molecule has 0 heterocycles. The van der Waals surface area contributed by atoms with Gasteiger partial charge in [-0.1, -0.05) is 24.8 Å². The van der Waals surface area contributed by atoms with Gasteiger partial charge in [0.1, 0.15) is 6.04 Å². The van der Waals surface area contributed by atoms with Crippen molar-refractivity contribution >= 4 is 17.6 Å². The largest absolute Gasteiger partial charge is 0.480 e. The number of aliphatic carboxylic acids is 1. The molecule has 0 fully saturated rings. The highest BCUT2D eigenvalue weighted by molar-refractivity contribution is 6.04. The summed E-state index contributed by atoms with van der Waals surface area (Å²) in [7, 11) is 0. The maximum atomic E-state index is 11.6. The number of carbonyl (C=O) groups is 2. The summed E-state index contributed by atoms with van der Waals surface area (Å²) in [5.74, 6) is -1.49. The van der Waals surface area contributed by atoms with Crippen molar-refractivity contribution < 1.29 is 14.7 Å². The molecule has 1 N–H and O–H groups in total. The summed E-state index contributed by atoms with van der Waals surface area (Å²) in [6, 6.07) is 7.72. The van der Waals surface area contributed by atoms with Crippen LogP contribution in [0.5, 0.6) is 0 Å². The minimum atomic E-state index is -1.06. The summed E-state index contributed by atoms with van der Waals surface area (Å²) < 4.78 is 0. The fourth-order valence-electron chi connectivity index (χ4n) is 1.34. The molecule has 0 bridgehead atoms. The maximum absolute atomic E-state index is 11.6. The van der Waals surface area contributed by atoms with Crippen molar-refractivity contribution in [3.05, 3.63) is 43.0 Å². The molecule has 0 aliphatic rings. The van der Waals surface area contributed by atoms with E-state index in [-0.39, 0.29) is 0 Å². The first-order chi connectivity index (χ1) is 7.57. The third kappa shape index (κ3) is 2.48. The number of carboxylic acid groups (broad SMARTS) is 1. The van der Waals surface area contributed by atoms with Crippen molar-refractivity contribution in [2.75, 3.05) is 4.90 Å². The number of nitrogens with zero attached hydrogens (tertiary/aromatic N) is 1. The fourth-order valence-corrected chi connectivity index (χ4v) is 1.34. The van der Waals surface area contributed by atoms with Crippen LogP contribution < -0.4 is 4.90 Å². The van der Waals surface area contributed by atoms with Gasteiger partial charge in [-0.3, -0.25) is 9.69 Å². The minimum Gasteiger partial charge on any atom is -0.480 e. The Bertz CT molecular complexity index is 400. The van der Waals surface area contributed by atoms with Crippen LogP contribution in [0.4, 0.5) is 5.69 Å². The smallest absolute Gasteiger partial charge is 0.326 e. The van der Waals surface area contributed by atoms with E-state index in [0.29, 0.717) is 5.69 Å². The van der Waals surface area contributed by atoms with Crippen LogP contribution in [0.1, 0.15) is 6.92 Å². The SMILES string of the molecule is C=CC(=O)N(c1ccccc1)C(C)C(=O)O. The number of amides is 1. The lowest BCUT2D eigenvalue weighted by Crippen LogP contribution is -2.42. The molecule has 0 aliphatic carbocycles. The normalized spacial score (nSPS) is 11.6. The van der Waals surface area contributed by atoms with Gasteiger partial charge in [-0.2, -0.15) is 0 Å². The molecular formula is C12H13NO3. The van der Waals surface area contributed by atoms with Crippen LogP contribution in [-0.2, 0) is 9.59 Å². The Kier molecular flexibility index (Phi) is 3.83. The number of rotatable bonds is 4. The van der Waals surface area contributed by atoms with E-state index in [1.165, 1.54) is 11.8 Å². The molecule has 1 rings (SSSR count). The Morgan fingerprint density at radius 1 is 1.38 bits per heavy atom. The molecular weight excluding hydrogens is 206 g/mol. The summed E-state index contributed by atoms with van der Waals surface area (Å²) >= 11 is 0. The quantitative estimate of drug-likeness (QED) is 0.784. The lowest BCUT2D eigenvalue weighted by Gasteiger charge is -2.25. The summed E-state index contributed by atoms with van der Waals surface area (Å²) in [5.41, 5.74) is 0.544.